The Balaban J connectivity index is 1.72. The number of nitro benzene ring substituents is 1. The van der Waals surface area contributed by atoms with Crippen LogP contribution in [0.25, 0.3) is 0 Å². The average molecular weight is 318 g/mol. The largest absolute Gasteiger partial charge is 0.333 e. The first kappa shape index (κ1) is 15.6. The molecule has 0 amide bonds. The van der Waals surface area contributed by atoms with Crippen LogP contribution in [0, 0.1) is 21.8 Å². The molecule has 1 aromatic heterocycles. The number of non-ortho nitro benzene ring substituents is 1. The predicted octanol–water partition coefficient (Wildman–Crippen LogP) is 3.01. The minimum Gasteiger partial charge on any atom is -0.333 e. The lowest BCUT2D eigenvalue weighted by Crippen LogP contribution is -2.40. The molecule has 122 valence electrons. The molecule has 1 aliphatic rings. The molecular formula is C16H19FN4O2. The van der Waals surface area contributed by atoms with Crippen molar-refractivity contribution in [3.8, 4) is 0 Å². The fraction of sp³-hybridized carbons (Fsp3) is 0.438. The van der Waals surface area contributed by atoms with Crippen LogP contribution in [0.1, 0.15) is 24.9 Å². The summed E-state index contributed by atoms with van der Waals surface area (Å²) in [4.78, 5) is 16.4. The highest BCUT2D eigenvalue weighted by molar-refractivity contribution is 5.34. The highest BCUT2D eigenvalue weighted by Gasteiger charge is 2.27. The lowest BCUT2D eigenvalue weighted by molar-refractivity contribution is -0.385. The van der Waals surface area contributed by atoms with E-state index >= 15 is 0 Å². The molecule has 0 aliphatic carbocycles. The molecule has 0 unspecified atom stereocenters. The molecular weight excluding hydrogens is 299 g/mol. The average Bonchev–Trinajstić information content (AvgIpc) is 3.05. The summed E-state index contributed by atoms with van der Waals surface area (Å²) in [6, 6.07) is 4.18. The topological polar surface area (TPSA) is 64.2 Å². The zero-order valence-electron chi connectivity index (χ0n) is 12.9. The van der Waals surface area contributed by atoms with E-state index in [4.69, 9.17) is 0 Å². The molecule has 0 spiro atoms. The van der Waals surface area contributed by atoms with Crippen LogP contribution >= 0.6 is 0 Å². The van der Waals surface area contributed by atoms with Gasteiger partial charge in [0, 0.05) is 43.2 Å². The molecule has 1 saturated heterocycles. The summed E-state index contributed by atoms with van der Waals surface area (Å²) in [5, 5.41) is 10.7. The quantitative estimate of drug-likeness (QED) is 0.642. The predicted molar refractivity (Wildman–Crippen MR) is 83.4 cm³/mol. The van der Waals surface area contributed by atoms with Crippen LogP contribution in [-0.4, -0.2) is 32.5 Å². The molecule has 0 N–H and O–H groups in total. The number of hydrogen-bond acceptors (Lipinski definition) is 4. The van der Waals surface area contributed by atoms with E-state index in [9.17, 15) is 14.5 Å². The van der Waals surface area contributed by atoms with E-state index in [2.05, 4.69) is 21.4 Å². The van der Waals surface area contributed by atoms with Gasteiger partial charge in [0.1, 0.15) is 5.82 Å². The van der Waals surface area contributed by atoms with Crippen molar-refractivity contribution < 1.29 is 9.31 Å². The van der Waals surface area contributed by atoms with Gasteiger partial charge in [0.2, 0.25) is 0 Å². The van der Waals surface area contributed by atoms with Crippen LogP contribution in [0.4, 0.5) is 10.1 Å². The van der Waals surface area contributed by atoms with Gasteiger partial charge in [-0.1, -0.05) is 6.92 Å². The Bertz CT molecular complexity index is 689. The van der Waals surface area contributed by atoms with Crippen molar-refractivity contribution >= 4 is 5.69 Å². The molecule has 0 saturated carbocycles. The van der Waals surface area contributed by atoms with Crippen LogP contribution in [0.15, 0.2) is 36.9 Å². The van der Waals surface area contributed by atoms with Crippen molar-refractivity contribution in [3.63, 3.8) is 0 Å². The number of halogens is 1. The second kappa shape index (κ2) is 6.45. The number of piperidine rings is 1. The number of nitrogens with zero attached hydrogens (tertiary/aromatic N) is 4. The number of hydrogen-bond donors (Lipinski definition) is 0. The molecule has 1 aliphatic heterocycles. The number of benzene rings is 1. The third kappa shape index (κ3) is 3.39. The summed E-state index contributed by atoms with van der Waals surface area (Å²) < 4.78 is 16.2. The van der Waals surface area contributed by atoms with Gasteiger partial charge >= 0.3 is 0 Å². The first-order chi connectivity index (χ1) is 11.0. The van der Waals surface area contributed by atoms with E-state index in [0.29, 0.717) is 24.1 Å². The normalized spacial score (nSPS) is 22.2. The molecule has 2 aromatic rings. The van der Waals surface area contributed by atoms with Gasteiger partial charge < -0.3 is 4.57 Å². The number of imidazole rings is 1. The van der Waals surface area contributed by atoms with Crippen molar-refractivity contribution in [3.05, 3.63) is 58.4 Å². The minimum absolute atomic E-state index is 0.213. The molecule has 1 aromatic carbocycles. The van der Waals surface area contributed by atoms with Gasteiger partial charge in [0.15, 0.2) is 0 Å². The fourth-order valence-electron chi connectivity index (χ4n) is 3.13. The summed E-state index contributed by atoms with van der Waals surface area (Å²) in [7, 11) is 0. The van der Waals surface area contributed by atoms with E-state index in [0.717, 1.165) is 25.6 Å². The lowest BCUT2D eigenvalue weighted by atomic mass is 9.93. The highest BCUT2D eigenvalue weighted by atomic mass is 19.1. The van der Waals surface area contributed by atoms with E-state index in [1.165, 1.54) is 12.1 Å². The first-order valence-electron chi connectivity index (χ1n) is 7.67. The first-order valence-corrected chi connectivity index (χ1v) is 7.67. The Hall–Kier alpha value is -2.28. The Morgan fingerprint density at radius 2 is 2.30 bits per heavy atom. The SMILES string of the molecule is C[C@@H]1CCN(Cc2ccc([N+](=O)[O-])cc2F)C[C@H]1n1ccnc1. The van der Waals surface area contributed by atoms with Gasteiger partial charge in [-0.3, -0.25) is 15.0 Å². The molecule has 2 atom stereocenters. The van der Waals surface area contributed by atoms with Gasteiger partial charge in [-0.2, -0.15) is 0 Å². The fourth-order valence-corrected chi connectivity index (χ4v) is 3.13. The van der Waals surface area contributed by atoms with Gasteiger partial charge in [-0.15, -0.1) is 0 Å². The third-order valence-corrected chi connectivity index (χ3v) is 4.55. The van der Waals surface area contributed by atoms with Crippen LogP contribution < -0.4 is 0 Å². The van der Waals surface area contributed by atoms with Crippen molar-refractivity contribution in [1.82, 2.24) is 14.5 Å². The minimum atomic E-state index is -0.579. The summed E-state index contributed by atoms with van der Waals surface area (Å²) in [5.74, 6) is 0.0131. The lowest BCUT2D eigenvalue weighted by Gasteiger charge is -2.37. The van der Waals surface area contributed by atoms with E-state index in [-0.39, 0.29) is 5.69 Å². The number of likely N-dealkylation sites (tertiary alicyclic amines) is 1. The Morgan fingerprint density at radius 3 is 2.96 bits per heavy atom. The van der Waals surface area contributed by atoms with Gasteiger partial charge in [0.25, 0.3) is 5.69 Å². The maximum absolute atomic E-state index is 14.1. The number of aromatic nitrogens is 2. The summed E-state index contributed by atoms with van der Waals surface area (Å²) in [5.41, 5.74) is 0.282. The van der Waals surface area contributed by atoms with Crippen molar-refractivity contribution in [2.45, 2.75) is 25.9 Å². The van der Waals surface area contributed by atoms with Crippen molar-refractivity contribution in [2.75, 3.05) is 13.1 Å². The Labute approximate surface area is 133 Å². The molecule has 1 fully saturated rings. The van der Waals surface area contributed by atoms with E-state index < -0.39 is 10.7 Å². The molecule has 6 nitrogen and oxygen atoms in total. The molecule has 0 bridgehead atoms. The van der Waals surface area contributed by atoms with Gasteiger partial charge in [-0.25, -0.2) is 9.37 Å². The molecule has 0 radical (unpaired) electrons. The zero-order valence-corrected chi connectivity index (χ0v) is 12.9. The molecule has 3 rings (SSSR count). The molecule has 2 heterocycles. The summed E-state index contributed by atoms with van der Waals surface area (Å²) in [6.45, 7) is 4.38. The Kier molecular flexibility index (Phi) is 4.38. The van der Waals surface area contributed by atoms with Crippen LogP contribution in [0.5, 0.6) is 0 Å². The van der Waals surface area contributed by atoms with E-state index in [1.54, 1.807) is 6.20 Å². The molecule has 23 heavy (non-hydrogen) atoms. The van der Waals surface area contributed by atoms with E-state index in [1.807, 2.05) is 12.5 Å². The maximum Gasteiger partial charge on any atom is 0.272 e. The van der Waals surface area contributed by atoms with Crippen LogP contribution in [-0.2, 0) is 6.54 Å². The second-order valence-electron chi connectivity index (χ2n) is 6.11. The maximum atomic E-state index is 14.1. The smallest absolute Gasteiger partial charge is 0.272 e. The van der Waals surface area contributed by atoms with Crippen LogP contribution in [0.2, 0.25) is 0 Å². The summed E-state index contributed by atoms with van der Waals surface area (Å²) >= 11 is 0. The standard InChI is InChI=1S/C16H19FN4O2/c1-12-4-6-19(10-16(12)20-7-5-18-11-20)9-13-2-3-14(21(22)23)8-15(13)17/h2-3,5,7-8,11-12,16H,4,6,9-10H2,1H3/t12-,16-/m1/s1. The summed E-state index contributed by atoms with van der Waals surface area (Å²) in [6.07, 6.45) is 6.56. The van der Waals surface area contributed by atoms with Gasteiger partial charge in [0.05, 0.1) is 17.3 Å². The highest BCUT2D eigenvalue weighted by Crippen LogP contribution is 2.29. The number of nitro groups is 1. The van der Waals surface area contributed by atoms with Gasteiger partial charge in [-0.05, 0) is 24.9 Å². The molecule has 7 heteroatoms. The third-order valence-electron chi connectivity index (χ3n) is 4.55. The Morgan fingerprint density at radius 1 is 1.48 bits per heavy atom. The second-order valence-corrected chi connectivity index (χ2v) is 6.11. The monoisotopic (exact) mass is 318 g/mol. The van der Waals surface area contributed by atoms with Crippen LogP contribution in [0.3, 0.4) is 0 Å². The van der Waals surface area contributed by atoms with Crippen molar-refractivity contribution in [1.29, 1.82) is 0 Å². The zero-order chi connectivity index (χ0) is 16.4. The van der Waals surface area contributed by atoms with Crippen molar-refractivity contribution in [2.24, 2.45) is 5.92 Å². The number of rotatable bonds is 4.